The van der Waals surface area contributed by atoms with E-state index in [4.69, 9.17) is 13.9 Å². The van der Waals surface area contributed by atoms with E-state index in [2.05, 4.69) is 5.32 Å². The number of nitrogens with one attached hydrogen (secondary N) is 1. The van der Waals surface area contributed by atoms with E-state index >= 15 is 0 Å². The van der Waals surface area contributed by atoms with Crippen LogP contribution < -0.4 is 10.1 Å². The van der Waals surface area contributed by atoms with E-state index in [1.54, 1.807) is 7.11 Å². The van der Waals surface area contributed by atoms with Gasteiger partial charge in [-0.2, -0.15) is 0 Å². The predicted octanol–water partition coefficient (Wildman–Crippen LogP) is 3.41. The molecule has 2 aromatic rings. The van der Waals surface area contributed by atoms with Gasteiger partial charge >= 0.3 is 0 Å². The first-order valence-corrected chi connectivity index (χ1v) is 7.64. The zero-order valence-corrected chi connectivity index (χ0v) is 14.0. The minimum atomic E-state index is -0.256. The van der Waals surface area contributed by atoms with Crippen molar-refractivity contribution < 1.29 is 18.7 Å². The summed E-state index contributed by atoms with van der Waals surface area (Å²) in [6, 6.07) is 9.21. The summed E-state index contributed by atoms with van der Waals surface area (Å²) < 4.78 is 16.1. The van der Waals surface area contributed by atoms with Gasteiger partial charge in [-0.25, -0.2) is 0 Å². The number of rotatable bonds is 7. The number of methoxy groups -OCH3 is 1. The zero-order chi connectivity index (χ0) is 16.8. The molecule has 2 rings (SSSR count). The number of hydrogen-bond acceptors (Lipinski definition) is 4. The Balaban J connectivity index is 2.14. The molecule has 1 N–H and O–H groups in total. The average molecular weight is 317 g/mol. The van der Waals surface area contributed by atoms with Gasteiger partial charge in [-0.3, -0.25) is 4.79 Å². The molecular formula is C18H23NO4. The van der Waals surface area contributed by atoms with E-state index in [-0.39, 0.29) is 11.9 Å². The topological polar surface area (TPSA) is 60.7 Å². The fourth-order valence-corrected chi connectivity index (χ4v) is 2.44. The maximum atomic E-state index is 12.4. The van der Waals surface area contributed by atoms with Crippen LogP contribution in [0, 0.1) is 13.8 Å². The molecule has 5 heteroatoms. The lowest BCUT2D eigenvalue weighted by Crippen LogP contribution is -2.31. The molecule has 0 bridgehead atoms. The van der Waals surface area contributed by atoms with Crippen molar-refractivity contribution in [1.29, 1.82) is 0 Å². The van der Waals surface area contributed by atoms with Crippen molar-refractivity contribution in [3.63, 3.8) is 0 Å². The Morgan fingerprint density at radius 3 is 2.48 bits per heavy atom. The zero-order valence-electron chi connectivity index (χ0n) is 14.0. The first-order valence-electron chi connectivity index (χ1n) is 7.64. The van der Waals surface area contributed by atoms with Crippen LogP contribution in [0.5, 0.6) is 5.75 Å². The molecule has 23 heavy (non-hydrogen) atoms. The van der Waals surface area contributed by atoms with Crippen LogP contribution >= 0.6 is 0 Å². The average Bonchev–Trinajstić information content (AvgIpc) is 2.87. The Hall–Kier alpha value is -2.27. The van der Waals surface area contributed by atoms with E-state index in [1.807, 2.05) is 51.1 Å². The van der Waals surface area contributed by atoms with Crippen molar-refractivity contribution in [2.45, 2.75) is 26.8 Å². The van der Waals surface area contributed by atoms with Crippen LogP contribution in [-0.2, 0) is 4.74 Å². The standard InChI is InChI=1S/C18H23NO4/c1-5-22-15-8-6-14(7-9-15)16(11-21-4)19-18(20)17-12(2)10-13(3)23-17/h6-10,16H,5,11H2,1-4H3,(H,19,20)/t16-/m1/s1. The highest BCUT2D eigenvalue weighted by molar-refractivity contribution is 5.93. The molecule has 0 aliphatic heterocycles. The normalized spacial score (nSPS) is 12.0. The number of carbonyl (C=O) groups excluding carboxylic acids is 1. The van der Waals surface area contributed by atoms with Gasteiger partial charge in [-0.05, 0) is 44.5 Å². The summed E-state index contributed by atoms with van der Waals surface area (Å²) in [6.45, 7) is 6.61. The van der Waals surface area contributed by atoms with E-state index in [0.29, 0.717) is 19.0 Å². The molecule has 1 aromatic heterocycles. The van der Waals surface area contributed by atoms with Gasteiger partial charge in [0, 0.05) is 12.7 Å². The Labute approximate surface area is 136 Å². The molecule has 124 valence electrons. The number of hydrogen-bond donors (Lipinski definition) is 1. The highest BCUT2D eigenvalue weighted by atomic mass is 16.5. The Bertz CT molecular complexity index is 646. The lowest BCUT2D eigenvalue weighted by atomic mass is 10.1. The van der Waals surface area contributed by atoms with Gasteiger partial charge in [-0.1, -0.05) is 12.1 Å². The smallest absolute Gasteiger partial charge is 0.287 e. The van der Waals surface area contributed by atoms with Crippen molar-refractivity contribution in [1.82, 2.24) is 5.32 Å². The molecule has 5 nitrogen and oxygen atoms in total. The molecule has 1 aromatic carbocycles. The molecule has 0 spiro atoms. The summed E-state index contributed by atoms with van der Waals surface area (Å²) in [6.07, 6.45) is 0. The van der Waals surface area contributed by atoms with Crippen molar-refractivity contribution in [3.05, 3.63) is 53.0 Å². The summed E-state index contributed by atoms with van der Waals surface area (Å²) in [5, 5.41) is 2.96. The third-order valence-corrected chi connectivity index (χ3v) is 3.48. The number of aryl methyl sites for hydroxylation is 2. The third kappa shape index (κ3) is 4.36. The third-order valence-electron chi connectivity index (χ3n) is 3.48. The second-order valence-corrected chi connectivity index (χ2v) is 5.35. The van der Waals surface area contributed by atoms with Crippen LogP contribution in [0.4, 0.5) is 0 Å². The van der Waals surface area contributed by atoms with Gasteiger partial charge in [0.1, 0.15) is 11.5 Å². The van der Waals surface area contributed by atoms with Crippen molar-refractivity contribution in [3.8, 4) is 5.75 Å². The lowest BCUT2D eigenvalue weighted by molar-refractivity contribution is 0.0867. The fourth-order valence-electron chi connectivity index (χ4n) is 2.44. The summed E-state index contributed by atoms with van der Waals surface area (Å²) >= 11 is 0. The second kappa shape index (κ2) is 7.83. The van der Waals surface area contributed by atoms with Crippen LogP contribution in [0.15, 0.2) is 34.7 Å². The highest BCUT2D eigenvalue weighted by Crippen LogP contribution is 2.20. The highest BCUT2D eigenvalue weighted by Gasteiger charge is 2.20. The van der Waals surface area contributed by atoms with Crippen molar-refractivity contribution >= 4 is 5.91 Å². The Morgan fingerprint density at radius 2 is 1.96 bits per heavy atom. The number of carbonyl (C=O) groups is 1. The number of furan rings is 1. The van der Waals surface area contributed by atoms with Gasteiger partial charge in [0.25, 0.3) is 5.91 Å². The van der Waals surface area contributed by atoms with E-state index in [1.165, 1.54) is 0 Å². The Morgan fingerprint density at radius 1 is 1.26 bits per heavy atom. The van der Waals surface area contributed by atoms with Crippen LogP contribution in [-0.4, -0.2) is 26.2 Å². The van der Waals surface area contributed by atoms with Crippen molar-refractivity contribution in [2.24, 2.45) is 0 Å². The summed E-state index contributed by atoms with van der Waals surface area (Å²) in [7, 11) is 1.61. The minimum Gasteiger partial charge on any atom is -0.494 e. The van der Waals surface area contributed by atoms with Crippen LogP contribution in [0.2, 0.25) is 0 Å². The van der Waals surface area contributed by atoms with E-state index < -0.39 is 0 Å². The maximum absolute atomic E-state index is 12.4. The van der Waals surface area contributed by atoms with Crippen LogP contribution in [0.25, 0.3) is 0 Å². The molecule has 0 aliphatic rings. The quantitative estimate of drug-likeness (QED) is 0.850. The first-order chi connectivity index (χ1) is 11.0. The number of benzene rings is 1. The van der Waals surface area contributed by atoms with Crippen molar-refractivity contribution in [2.75, 3.05) is 20.3 Å². The van der Waals surface area contributed by atoms with Gasteiger partial charge in [0.2, 0.25) is 0 Å². The molecule has 0 aliphatic carbocycles. The Kier molecular flexibility index (Phi) is 5.82. The monoisotopic (exact) mass is 317 g/mol. The first kappa shape index (κ1) is 17.1. The summed E-state index contributed by atoms with van der Waals surface area (Å²) in [5.41, 5.74) is 1.77. The van der Waals surface area contributed by atoms with Gasteiger partial charge in [0.05, 0.1) is 19.3 Å². The largest absolute Gasteiger partial charge is 0.494 e. The van der Waals surface area contributed by atoms with Gasteiger partial charge in [0.15, 0.2) is 5.76 Å². The fraction of sp³-hybridized carbons (Fsp3) is 0.389. The molecular weight excluding hydrogens is 294 g/mol. The van der Waals surface area contributed by atoms with E-state index in [9.17, 15) is 4.79 Å². The summed E-state index contributed by atoms with van der Waals surface area (Å²) in [4.78, 5) is 12.4. The molecule has 0 saturated heterocycles. The van der Waals surface area contributed by atoms with E-state index in [0.717, 1.165) is 22.6 Å². The number of ether oxygens (including phenoxy) is 2. The van der Waals surface area contributed by atoms with Crippen LogP contribution in [0.3, 0.4) is 0 Å². The number of amides is 1. The van der Waals surface area contributed by atoms with Gasteiger partial charge in [-0.15, -0.1) is 0 Å². The molecule has 1 heterocycles. The second-order valence-electron chi connectivity index (χ2n) is 5.35. The molecule has 1 atom stereocenters. The van der Waals surface area contributed by atoms with Crippen LogP contribution in [0.1, 0.15) is 40.4 Å². The SMILES string of the molecule is CCOc1ccc([C@@H](COC)NC(=O)c2oc(C)cc2C)cc1. The van der Waals surface area contributed by atoms with Gasteiger partial charge < -0.3 is 19.2 Å². The molecule has 0 saturated carbocycles. The molecule has 0 unspecified atom stereocenters. The molecule has 1 amide bonds. The predicted molar refractivity (Wildman–Crippen MR) is 87.9 cm³/mol. The molecule has 0 fully saturated rings. The summed E-state index contributed by atoms with van der Waals surface area (Å²) in [5.74, 6) is 1.62. The maximum Gasteiger partial charge on any atom is 0.287 e. The molecule has 0 radical (unpaired) electrons. The minimum absolute atomic E-state index is 0.244. The lowest BCUT2D eigenvalue weighted by Gasteiger charge is -2.18.